The topological polar surface area (TPSA) is 96.2 Å². The molecule has 196 valence electrons. The third kappa shape index (κ3) is 4.74. The van der Waals surface area contributed by atoms with E-state index < -0.39 is 29.7 Å². The number of aliphatic hydroxyl groups is 3. The van der Waals surface area contributed by atoms with Gasteiger partial charge in [0.25, 0.3) is 0 Å². The molecular weight excluding hydrogens is 444 g/mol. The smallest absolute Gasteiger partial charge is 0.226 e. The van der Waals surface area contributed by atoms with Crippen molar-refractivity contribution in [2.45, 2.75) is 105 Å². The van der Waals surface area contributed by atoms with Gasteiger partial charge in [0.1, 0.15) is 5.76 Å². The summed E-state index contributed by atoms with van der Waals surface area (Å²) in [6.45, 7) is 14.2. The average Bonchev–Trinajstić information content (AvgIpc) is 3.14. The predicted molar refractivity (Wildman–Crippen MR) is 134 cm³/mol. The molecule has 3 N–H and O–H groups in total. The molecule has 6 heteroatoms. The molecule has 4 bridgehead atoms. The number of aliphatic hydroxyl groups excluding tert-OH is 2. The van der Waals surface area contributed by atoms with E-state index in [4.69, 9.17) is 9.47 Å². The molecule has 0 unspecified atom stereocenters. The van der Waals surface area contributed by atoms with Gasteiger partial charge < -0.3 is 24.8 Å². The Kier molecular flexibility index (Phi) is 7.31. The fourth-order valence-corrected chi connectivity index (χ4v) is 6.96. The Labute approximate surface area is 210 Å². The van der Waals surface area contributed by atoms with Crippen LogP contribution in [0.3, 0.4) is 0 Å². The Morgan fingerprint density at radius 1 is 1.06 bits per heavy atom. The minimum absolute atomic E-state index is 0.0560. The van der Waals surface area contributed by atoms with Crippen LogP contribution in [0.4, 0.5) is 0 Å². The molecule has 0 aromatic rings. The van der Waals surface area contributed by atoms with Gasteiger partial charge in [-0.25, -0.2) is 0 Å². The summed E-state index contributed by atoms with van der Waals surface area (Å²) in [5.74, 6) is -2.04. The van der Waals surface area contributed by atoms with Crippen LogP contribution < -0.4 is 0 Å². The lowest BCUT2D eigenvalue weighted by Gasteiger charge is -2.45. The van der Waals surface area contributed by atoms with Crippen molar-refractivity contribution in [3.8, 4) is 0 Å². The van der Waals surface area contributed by atoms with Gasteiger partial charge in [-0.2, -0.15) is 0 Å². The van der Waals surface area contributed by atoms with Crippen LogP contribution in [0.15, 0.2) is 34.3 Å². The number of allylic oxidation sites excluding steroid dienone is 4. The van der Waals surface area contributed by atoms with Crippen molar-refractivity contribution in [3.05, 3.63) is 34.3 Å². The van der Waals surface area contributed by atoms with Crippen LogP contribution in [-0.2, 0) is 14.3 Å². The number of rotatable bonds is 0. The van der Waals surface area contributed by atoms with Crippen LogP contribution in [-0.4, -0.2) is 45.2 Å². The minimum Gasteiger partial charge on any atom is -0.504 e. The van der Waals surface area contributed by atoms with Gasteiger partial charge in [0.15, 0.2) is 5.76 Å². The molecule has 0 spiro atoms. The molecule has 6 nitrogen and oxygen atoms in total. The highest BCUT2D eigenvalue weighted by Crippen LogP contribution is 2.52. The highest BCUT2D eigenvalue weighted by molar-refractivity contribution is 6.08. The number of hydrogen-bond donors (Lipinski definition) is 3. The van der Waals surface area contributed by atoms with Crippen LogP contribution in [0.1, 0.15) is 80.6 Å². The van der Waals surface area contributed by atoms with Gasteiger partial charge in [-0.05, 0) is 51.4 Å². The van der Waals surface area contributed by atoms with Gasteiger partial charge >= 0.3 is 0 Å². The number of hydrogen-bond acceptors (Lipinski definition) is 6. The summed E-state index contributed by atoms with van der Waals surface area (Å²) in [6, 6.07) is 0. The summed E-state index contributed by atoms with van der Waals surface area (Å²) in [5, 5.41) is 33.9. The van der Waals surface area contributed by atoms with E-state index in [-0.39, 0.29) is 42.0 Å². The Bertz CT molecular complexity index is 947. The first-order valence-electron chi connectivity index (χ1n) is 13.4. The molecule has 1 aliphatic carbocycles. The summed E-state index contributed by atoms with van der Waals surface area (Å²) < 4.78 is 12.8. The van der Waals surface area contributed by atoms with E-state index in [1.165, 1.54) is 5.57 Å². The first-order valence-corrected chi connectivity index (χ1v) is 13.4. The average molecular weight is 489 g/mol. The molecule has 3 heterocycles. The lowest BCUT2D eigenvalue weighted by molar-refractivity contribution is -0.191. The van der Waals surface area contributed by atoms with Crippen molar-refractivity contribution in [1.29, 1.82) is 0 Å². The molecule has 0 saturated carbocycles. The molecule has 0 aromatic carbocycles. The number of ether oxygens (including phenoxy) is 2. The van der Waals surface area contributed by atoms with E-state index in [0.717, 1.165) is 25.7 Å². The maximum absolute atomic E-state index is 13.1. The predicted octanol–water partition coefficient (Wildman–Crippen LogP) is 5.21. The molecule has 4 rings (SSSR count). The number of carbonyl (C=O) groups excluding carboxylic acids is 1. The van der Waals surface area contributed by atoms with Gasteiger partial charge in [0.05, 0.1) is 24.2 Å². The Hall–Kier alpha value is -1.63. The number of Topliss-reactive ketones (excluding diaryl/α,β-unsaturated/α-hetero) is 1. The Morgan fingerprint density at radius 3 is 2.43 bits per heavy atom. The minimum atomic E-state index is -1.44. The maximum atomic E-state index is 13.1. The molecule has 2 fully saturated rings. The lowest BCUT2D eigenvalue weighted by Crippen LogP contribution is -2.51. The molecular formula is C29H44O6. The van der Waals surface area contributed by atoms with E-state index in [1.54, 1.807) is 6.92 Å². The summed E-state index contributed by atoms with van der Waals surface area (Å²) in [7, 11) is 0. The molecule has 4 aliphatic rings. The quantitative estimate of drug-likeness (QED) is 0.405. The van der Waals surface area contributed by atoms with Crippen molar-refractivity contribution in [1.82, 2.24) is 0 Å². The van der Waals surface area contributed by atoms with Gasteiger partial charge in [-0.1, -0.05) is 46.3 Å². The number of ketones is 1. The lowest BCUT2D eigenvalue weighted by atomic mass is 9.72. The molecule has 0 radical (unpaired) electrons. The summed E-state index contributed by atoms with van der Waals surface area (Å²) >= 11 is 0. The van der Waals surface area contributed by atoms with Crippen molar-refractivity contribution < 1.29 is 29.6 Å². The van der Waals surface area contributed by atoms with E-state index in [9.17, 15) is 20.1 Å². The Morgan fingerprint density at radius 2 is 1.74 bits per heavy atom. The van der Waals surface area contributed by atoms with Crippen molar-refractivity contribution in [3.63, 3.8) is 0 Å². The zero-order valence-corrected chi connectivity index (χ0v) is 22.4. The van der Waals surface area contributed by atoms with Crippen LogP contribution in [0.2, 0.25) is 0 Å². The van der Waals surface area contributed by atoms with E-state index in [0.29, 0.717) is 22.8 Å². The van der Waals surface area contributed by atoms with E-state index in [2.05, 4.69) is 26.8 Å². The normalized spacial score (nSPS) is 46.8. The second-order valence-electron chi connectivity index (χ2n) is 12.1. The van der Waals surface area contributed by atoms with Gasteiger partial charge in [0.2, 0.25) is 11.6 Å². The zero-order valence-electron chi connectivity index (χ0n) is 22.4. The first kappa shape index (κ1) is 26.4. The monoisotopic (exact) mass is 488 g/mol. The fourth-order valence-electron chi connectivity index (χ4n) is 6.96. The largest absolute Gasteiger partial charge is 0.504 e. The van der Waals surface area contributed by atoms with Crippen molar-refractivity contribution in [2.75, 3.05) is 0 Å². The first-order chi connectivity index (χ1) is 16.3. The second-order valence-corrected chi connectivity index (χ2v) is 12.1. The maximum Gasteiger partial charge on any atom is 0.226 e. The standard InChI is InChI=1S/C29H44O6/c1-14-8-9-22-18(5)24(30)19(6)28(34-22)23-21-13-29(33,17(4)12-16(3)11-15(2)10-14)35-27(21)20(7)25(31)26(23)32/h11,14,16-19,21-22,24,28,30,32-33H,8-10,12-13H2,1-7H3/b15-11-/t14-,16+,17-,18-,19+,21+,22+,24-,28+,29+/m0/s1. The Balaban J connectivity index is 1.79. The highest BCUT2D eigenvalue weighted by atomic mass is 16.6. The second kappa shape index (κ2) is 9.68. The highest BCUT2D eigenvalue weighted by Gasteiger charge is 2.55. The number of carbonyl (C=O) groups is 1. The molecule has 0 amide bonds. The SMILES string of the molecule is CC1=C2O[C@]3(O)C[C@@H]2C(=C(O)C1=O)[C@@H]1O[C@H](CC[C@H](C)C/C(C)=C\[C@@H](C)C[C@@H]3C)[C@H](C)[C@H](O)[C@H]1C. The molecule has 35 heavy (non-hydrogen) atoms. The van der Waals surface area contributed by atoms with Gasteiger partial charge in [-0.15, -0.1) is 0 Å². The molecule has 0 aromatic heterocycles. The third-order valence-corrected chi connectivity index (χ3v) is 9.12. The fraction of sp³-hybridized carbons (Fsp3) is 0.759. The molecule has 10 atom stereocenters. The zero-order chi connectivity index (χ0) is 25.8. The van der Waals surface area contributed by atoms with E-state index in [1.807, 2.05) is 20.8 Å². The summed E-state index contributed by atoms with van der Waals surface area (Å²) in [5.41, 5.74) is 2.15. The van der Waals surface area contributed by atoms with Gasteiger partial charge in [0, 0.05) is 35.3 Å². The van der Waals surface area contributed by atoms with E-state index >= 15 is 0 Å². The number of fused-ring (bicyclic) bond motifs is 4. The van der Waals surface area contributed by atoms with Crippen molar-refractivity contribution in [2.24, 2.45) is 35.5 Å². The molecule has 3 aliphatic heterocycles. The molecule has 2 saturated heterocycles. The van der Waals surface area contributed by atoms with Crippen LogP contribution in [0.5, 0.6) is 0 Å². The summed E-state index contributed by atoms with van der Waals surface area (Å²) in [4.78, 5) is 13.1. The van der Waals surface area contributed by atoms with Crippen LogP contribution in [0.25, 0.3) is 0 Å². The van der Waals surface area contributed by atoms with Crippen LogP contribution >= 0.6 is 0 Å². The third-order valence-electron chi connectivity index (χ3n) is 9.12. The van der Waals surface area contributed by atoms with Gasteiger partial charge in [-0.3, -0.25) is 4.79 Å². The van der Waals surface area contributed by atoms with Crippen LogP contribution in [0, 0.1) is 35.5 Å². The van der Waals surface area contributed by atoms with Crippen molar-refractivity contribution >= 4 is 5.78 Å². The summed E-state index contributed by atoms with van der Waals surface area (Å²) in [6.07, 6.45) is 4.65.